The summed E-state index contributed by atoms with van der Waals surface area (Å²) in [5, 5.41) is 7.63. The first kappa shape index (κ1) is 23.6. The first-order valence-electron chi connectivity index (χ1n) is 9.72. The largest absolute Gasteiger partial charge is 0.573 e. The lowest BCUT2D eigenvalue weighted by atomic mass is 10.1. The van der Waals surface area contributed by atoms with Crippen LogP contribution in [-0.4, -0.2) is 48.1 Å². The van der Waals surface area contributed by atoms with Gasteiger partial charge in [-0.1, -0.05) is 12.1 Å². The normalized spacial score (nSPS) is 13.5. The maximum absolute atomic E-state index is 12.2. The summed E-state index contributed by atoms with van der Waals surface area (Å²) >= 11 is 0. The fraction of sp³-hybridized carbons (Fsp3) is 0.238. The van der Waals surface area contributed by atoms with E-state index in [0.717, 1.165) is 17.0 Å². The highest BCUT2D eigenvalue weighted by Crippen LogP contribution is 2.23. The van der Waals surface area contributed by atoms with Crippen LogP contribution in [0.2, 0.25) is 0 Å². The van der Waals surface area contributed by atoms with E-state index < -0.39 is 24.2 Å². The van der Waals surface area contributed by atoms with Gasteiger partial charge in [0.15, 0.2) is 0 Å². The number of hydrogen-bond acceptors (Lipinski definition) is 5. The topological polar surface area (TPSA) is 117 Å². The molecule has 0 bridgehead atoms. The van der Waals surface area contributed by atoms with Crippen LogP contribution in [0.25, 0.3) is 0 Å². The Morgan fingerprint density at radius 3 is 2.03 bits per heavy atom. The highest BCUT2D eigenvalue weighted by molar-refractivity contribution is 6.02. The van der Waals surface area contributed by atoms with Crippen molar-refractivity contribution in [2.45, 2.75) is 19.2 Å². The van der Waals surface area contributed by atoms with E-state index in [2.05, 4.69) is 20.7 Å². The molecule has 1 saturated heterocycles. The van der Waals surface area contributed by atoms with Gasteiger partial charge < -0.3 is 20.7 Å². The average Bonchev–Trinajstić information content (AvgIpc) is 3.06. The van der Waals surface area contributed by atoms with Gasteiger partial charge in [-0.25, -0.2) is 4.79 Å². The summed E-state index contributed by atoms with van der Waals surface area (Å²) < 4.78 is 40.3. The third-order valence-corrected chi connectivity index (χ3v) is 4.47. The van der Waals surface area contributed by atoms with Crippen molar-refractivity contribution in [1.82, 2.24) is 10.2 Å². The van der Waals surface area contributed by atoms with E-state index in [1.807, 2.05) is 0 Å². The predicted octanol–water partition coefficient (Wildman–Crippen LogP) is 2.65. The van der Waals surface area contributed by atoms with E-state index in [0.29, 0.717) is 16.9 Å². The van der Waals surface area contributed by atoms with Gasteiger partial charge in [0.05, 0.1) is 13.0 Å². The monoisotopic (exact) mass is 464 g/mol. The fourth-order valence-corrected chi connectivity index (χ4v) is 2.95. The summed E-state index contributed by atoms with van der Waals surface area (Å²) in [5.41, 5.74) is 1.40. The second-order valence-electron chi connectivity index (χ2n) is 7.00. The van der Waals surface area contributed by atoms with Crippen LogP contribution in [0.15, 0.2) is 48.5 Å². The molecule has 0 aromatic heterocycles. The Morgan fingerprint density at radius 1 is 0.939 bits per heavy atom. The molecule has 3 rings (SSSR count). The molecule has 3 N–H and O–H groups in total. The Hall–Kier alpha value is -4.09. The first-order chi connectivity index (χ1) is 15.6. The molecule has 174 valence electrons. The number of amides is 5. The molecule has 2 aromatic rings. The zero-order valence-corrected chi connectivity index (χ0v) is 17.1. The number of rotatable bonds is 8. The van der Waals surface area contributed by atoms with E-state index >= 15 is 0 Å². The van der Waals surface area contributed by atoms with Gasteiger partial charge in [-0.2, -0.15) is 0 Å². The summed E-state index contributed by atoms with van der Waals surface area (Å²) in [6.45, 7) is -0.112. The third kappa shape index (κ3) is 7.23. The molecule has 2 aromatic carbocycles. The lowest BCUT2D eigenvalue weighted by Crippen LogP contribution is -2.33. The number of hydrogen-bond donors (Lipinski definition) is 3. The SMILES string of the molecule is O=C(CCN1C(=O)CNC1=O)Nc1ccc(NC(=O)Cc2ccc(OC(F)(F)F)cc2)cc1. The zero-order chi connectivity index (χ0) is 24.0. The van der Waals surface area contributed by atoms with Crippen molar-refractivity contribution in [2.75, 3.05) is 23.7 Å². The second kappa shape index (κ2) is 10.0. The van der Waals surface area contributed by atoms with Gasteiger partial charge >= 0.3 is 12.4 Å². The van der Waals surface area contributed by atoms with E-state index in [1.54, 1.807) is 24.3 Å². The summed E-state index contributed by atoms with van der Waals surface area (Å²) in [6.07, 6.45) is -4.91. The van der Waals surface area contributed by atoms with Gasteiger partial charge in [0.25, 0.3) is 0 Å². The minimum Gasteiger partial charge on any atom is -0.406 e. The van der Waals surface area contributed by atoms with Crippen LogP contribution in [0, 0.1) is 0 Å². The predicted molar refractivity (Wildman–Crippen MR) is 110 cm³/mol. The van der Waals surface area contributed by atoms with Crippen molar-refractivity contribution in [1.29, 1.82) is 0 Å². The molecule has 1 fully saturated rings. The molecule has 0 aliphatic carbocycles. The molecule has 0 radical (unpaired) electrons. The number of carbonyl (C=O) groups is 4. The lowest BCUT2D eigenvalue weighted by molar-refractivity contribution is -0.274. The van der Waals surface area contributed by atoms with E-state index in [-0.39, 0.29) is 37.6 Å². The molecular formula is C21H19F3N4O5. The number of urea groups is 1. The maximum atomic E-state index is 12.2. The van der Waals surface area contributed by atoms with Crippen LogP contribution in [0.3, 0.4) is 0 Å². The molecule has 1 aliphatic heterocycles. The summed E-state index contributed by atoms with van der Waals surface area (Å²) in [5.74, 6) is -1.54. The lowest BCUT2D eigenvalue weighted by Gasteiger charge is -2.12. The van der Waals surface area contributed by atoms with Crippen molar-refractivity contribution in [3.63, 3.8) is 0 Å². The number of nitrogens with zero attached hydrogens (tertiary/aromatic N) is 1. The van der Waals surface area contributed by atoms with E-state index in [1.165, 1.54) is 12.1 Å². The summed E-state index contributed by atoms with van der Waals surface area (Å²) in [4.78, 5) is 48.1. The minimum absolute atomic E-state index is 0.0338. The van der Waals surface area contributed by atoms with Crippen molar-refractivity contribution >= 4 is 35.1 Å². The fourth-order valence-electron chi connectivity index (χ4n) is 2.95. The Bertz CT molecular complexity index is 1020. The Labute approximate surface area is 185 Å². The van der Waals surface area contributed by atoms with Crippen LogP contribution < -0.4 is 20.7 Å². The smallest absolute Gasteiger partial charge is 0.406 e. The maximum Gasteiger partial charge on any atom is 0.573 e. The number of imide groups is 1. The molecule has 0 unspecified atom stereocenters. The zero-order valence-electron chi connectivity index (χ0n) is 17.1. The number of ether oxygens (including phenoxy) is 1. The second-order valence-corrected chi connectivity index (χ2v) is 7.00. The van der Waals surface area contributed by atoms with Gasteiger partial charge in [-0.15, -0.1) is 13.2 Å². The Balaban J connectivity index is 1.45. The molecule has 9 nitrogen and oxygen atoms in total. The molecule has 5 amide bonds. The number of nitrogens with one attached hydrogen (secondary N) is 3. The average molecular weight is 464 g/mol. The van der Waals surface area contributed by atoms with Crippen LogP contribution in [0.4, 0.5) is 29.3 Å². The molecule has 1 aliphatic rings. The quantitative estimate of drug-likeness (QED) is 0.520. The van der Waals surface area contributed by atoms with Crippen LogP contribution in [0.1, 0.15) is 12.0 Å². The van der Waals surface area contributed by atoms with Crippen molar-refractivity contribution in [3.05, 3.63) is 54.1 Å². The van der Waals surface area contributed by atoms with Crippen molar-refractivity contribution in [3.8, 4) is 5.75 Å². The van der Waals surface area contributed by atoms with E-state index in [9.17, 15) is 32.3 Å². The molecule has 0 atom stereocenters. The van der Waals surface area contributed by atoms with Crippen molar-refractivity contribution < 1.29 is 37.1 Å². The standard InChI is InChI=1S/C21H19F3N4O5/c22-21(23,24)33-16-7-1-13(2-8-16)11-18(30)27-15-5-3-14(4-6-15)26-17(29)9-10-28-19(31)12-25-20(28)32/h1-8H,9-12H2,(H,25,32)(H,26,29)(H,27,30). The molecule has 0 saturated carbocycles. The Kier molecular flexibility index (Phi) is 7.16. The minimum atomic E-state index is -4.78. The Morgan fingerprint density at radius 2 is 1.52 bits per heavy atom. The number of carbonyl (C=O) groups excluding carboxylic acids is 4. The summed E-state index contributed by atoms with van der Waals surface area (Å²) in [7, 11) is 0. The van der Waals surface area contributed by atoms with Gasteiger partial charge in [0, 0.05) is 24.3 Å². The highest BCUT2D eigenvalue weighted by Gasteiger charge is 2.31. The molecule has 12 heteroatoms. The number of anilines is 2. The molecule has 33 heavy (non-hydrogen) atoms. The van der Waals surface area contributed by atoms with Gasteiger partial charge in [-0.05, 0) is 42.0 Å². The van der Waals surface area contributed by atoms with Gasteiger partial charge in [0.2, 0.25) is 17.7 Å². The van der Waals surface area contributed by atoms with Crippen molar-refractivity contribution in [2.24, 2.45) is 0 Å². The molecule has 1 heterocycles. The van der Waals surface area contributed by atoms with Gasteiger partial charge in [0.1, 0.15) is 5.75 Å². The molecule has 0 spiro atoms. The number of benzene rings is 2. The number of halogens is 3. The molecular weight excluding hydrogens is 445 g/mol. The van der Waals surface area contributed by atoms with Gasteiger partial charge in [-0.3, -0.25) is 19.3 Å². The van der Waals surface area contributed by atoms with Crippen LogP contribution >= 0.6 is 0 Å². The summed E-state index contributed by atoms with van der Waals surface area (Å²) in [6, 6.07) is 10.7. The van der Waals surface area contributed by atoms with Crippen LogP contribution in [0.5, 0.6) is 5.75 Å². The first-order valence-corrected chi connectivity index (χ1v) is 9.72. The number of alkyl halides is 3. The van der Waals surface area contributed by atoms with E-state index in [4.69, 9.17) is 0 Å². The highest BCUT2D eigenvalue weighted by atomic mass is 19.4. The third-order valence-electron chi connectivity index (χ3n) is 4.47. The van der Waals surface area contributed by atoms with Crippen LogP contribution in [-0.2, 0) is 20.8 Å².